The minimum absolute atomic E-state index is 0.220. The topological polar surface area (TPSA) is 70.7 Å². The van der Waals surface area contributed by atoms with Gasteiger partial charge in [-0.3, -0.25) is 9.89 Å². The summed E-state index contributed by atoms with van der Waals surface area (Å²) in [5, 5.41) is 9.43. The van der Waals surface area contributed by atoms with Crippen molar-refractivity contribution in [2.45, 2.75) is 6.42 Å². The molecule has 1 heterocycles. The molecule has 0 unspecified atom stereocenters. The minimum Gasteiger partial charge on any atom is -0.351 e. The zero-order chi connectivity index (χ0) is 16.9. The van der Waals surface area contributed by atoms with E-state index in [0.717, 1.165) is 11.6 Å². The summed E-state index contributed by atoms with van der Waals surface area (Å²) >= 11 is 0. The SMILES string of the molecule is O=C(NCCc1nc(-c2ccccc2)n[nH]1)c1cccc(F)c1F. The summed E-state index contributed by atoms with van der Waals surface area (Å²) in [5.41, 5.74) is 0.559. The Bertz CT molecular complexity index is 849. The summed E-state index contributed by atoms with van der Waals surface area (Å²) in [5.74, 6) is -1.72. The zero-order valence-electron chi connectivity index (χ0n) is 12.6. The lowest BCUT2D eigenvalue weighted by Crippen LogP contribution is -2.27. The fourth-order valence-electron chi connectivity index (χ4n) is 2.19. The Morgan fingerprint density at radius 1 is 1.08 bits per heavy atom. The lowest BCUT2D eigenvalue weighted by molar-refractivity contribution is 0.0949. The van der Waals surface area contributed by atoms with Crippen molar-refractivity contribution in [3.63, 3.8) is 0 Å². The molecule has 2 N–H and O–H groups in total. The highest BCUT2D eigenvalue weighted by Crippen LogP contribution is 2.13. The van der Waals surface area contributed by atoms with E-state index < -0.39 is 17.5 Å². The Morgan fingerprint density at radius 3 is 2.67 bits per heavy atom. The van der Waals surface area contributed by atoms with Gasteiger partial charge in [-0.25, -0.2) is 13.8 Å². The number of rotatable bonds is 5. The minimum atomic E-state index is -1.15. The lowest BCUT2D eigenvalue weighted by atomic mass is 10.2. The number of carbonyl (C=O) groups excluding carboxylic acids is 1. The molecule has 1 aromatic heterocycles. The van der Waals surface area contributed by atoms with Gasteiger partial charge in [-0.1, -0.05) is 36.4 Å². The maximum Gasteiger partial charge on any atom is 0.254 e. The third kappa shape index (κ3) is 3.45. The van der Waals surface area contributed by atoms with Crippen molar-refractivity contribution in [3.8, 4) is 11.4 Å². The Balaban J connectivity index is 1.58. The molecule has 3 rings (SSSR count). The summed E-state index contributed by atoms with van der Waals surface area (Å²) in [6.45, 7) is 0.220. The molecule has 0 aliphatic carbocycles. The van der Waals surface area contributed by atoms with Gasteiger partial charge in [0.1, 0.15) is 5.82 Å². The fourth-order valence-corrected chi connectivity index (χ4v) is 2.19. The van der Waals surface area contributed by atoms with Crippen molar-refractivity contribution in [2.75, 3.05) is 6.54 Å². The molecule has 1 amide bonds. The number of hydrogen-bond donors (Lipinski definition) is 2. The molecule has 122 valence electrons. The number of aromatic nitrogens is 3. The van der Waals surface area contributed by atoms with Crippen LogP contribution in [0.4, 0.5) is 8.78 Å². The van der Waals surface area contributed by atoms with Crippen LogP contribution in [0.25, 0.3) is 11.4 Å². The number of halogens is 2. The summed E-state index contributed by atoms with van der Waals surface area (Å²) in [6, 6.07) is 12.9. The quantitative estimate of drug-likeness (QED) is 0.756. The summed E-state index contributed by atoms with van der Waals surface area (Å²) in [4.78, 5) is 16.2. The van der Waals surface area contributed by atoms with Gasteiger partial charge in [-0.05, 0) is 12.1 Å². The highest BCUT2D eigenvalue weighted by atomic mass is 19.2. The number of H-pyrrole nitrogens is 1. The first-order valence-corrected chi connectivity index (χ1v) is 7.34. The van der Waals surface area contributed by atoms with Crippen LogP contribution in [0.1, 0.15) is 16.2 Å². The first-order valence-electron chi connectivity index (χ1n) is 7.34. The predicted molar refractivity (Wildman–Crippen MR) is 84.2 cm³/mol. The van der Waals surface area contributed by atoms with Crippen LogP contribution in [0.2, 0.25) is 0 Å². The molecule has 0 saturated heterocycles. The van der Waals surface area contributed by atoms with Gasteiger partial charge in [-0.15, -0.1) is 0 Å². The van der Waals surface area contributed by atoms with Crippen LogP contribution in [0.5, 0.6) is 0 Å². The van der Waals surface area contributed by atoms with Crippen LogP contribution in [0.15, 0.2) is 48.5 Å². The fraction of sp³-hybridized carbons (Fsp3) is 0.118. The van der Waals surface area contributed by atoms with E-state index in [9.17, 15) is 13.6 Å². The van der Waals surface area contributed by atoms with E-state index in [1.807, 2.05) is 30.3 Å². The number of carbonyl (C=O) groups is 1. The molecule has 24 heavy (non-hydrogen) atoms. The molecule has 0 saturated carbocycles. The lowest BCUT2D eigenvalue weighted by Gasteiger charge is -2.05. The first-order chi connectivity index (χ1) is 11.6. The monoisotopic (exact) mass is 328 g/mol. The van der Waals surface area contributed by atoms with Gasteiger partial charge in [0.15, 0.2) is 17.5 Å². The van der Waals surface area contributed by atoms with Gasteiger partial charge in [-0.2, -0.15) is 5.10 Å². The molecule has 0 fully saturated rings. The maximum atomic E-state index is 13.5. The molecule has 7 heteroatoms. The molecule has 0 bridgehead atoms. The van der Waals surface area contributed by atoms with E-state index in [0.29, 0.717) is 18.1 Å². The van der Waals surface area contributed by atoms with Gasteiger partial charge in [0.2, 0.25) is 0 Å². The number of nitrogens with zero attached hydrogens (tertiary/aromatic N) is 2. The van der Waals surface area contributed by atoms with E-state index >= 15 is 0 Å². The van der Waals surface area contributed by atoms with E-state index in [-0.39, 0.29) is 12.1 Å². The average Bonchev–Trinajstić information content (AvgIpc) is 3.07. The van der Waals surface area contributed by atoms with Gasteiger partial charge < -0.3 is 5.32 Å². The van der Waals surface area contributed by atoms with Crippen LogP contribution in [-0.4, -0.2) is 27.6 Å². The van der Waals surface area contributed by atoms with Crippen molar-refractivity contribution in [2.24, 2.45) is 0 Å². The molecule has 5 nitrogen and oxygen atoms in total. The normalized spacial score (nSPS) is 10.6. The summed E-state index contributed by atoms with van der Waals surface area (Å²) in [7, 11) is 0. The smallest absolute Gasteiger partial charge is 0.254 e. The van der Waals surface area contributed by atoms with Crippen molar-refractivity contribution < 1.29 is 13.6 Å². The van der Waals surface area contributed by atoms with E-state index in [1.54, 1.807) is 0 Å². The van der Waals surface area contributed by atoms with Crippen molar-refractivity contribution in [3.05, 3.63) is 71.6 Å². The third-order valence-electron chi connectivity index (χ3n) is 3.41. The molecular formula is C17H14F2N4O. The zero-order valence-corrected chi connectivity index (χ0v) is 12.6. The Morgan fingerprint density at radius 2 is 1.88 bits per heavy atom. The van der Waals surface area contributed by atoms with Crippen LogP contribution in [0.3, 0.4) is 0 Å². The summed E-state index contributed by atoms with van der Waals surface area (Å²) < 4.78 is 26.6. The Kier molecular flexibility index (Phi) is 4.60. The van der Waals surface area contributed by atoms with Gasteiger partial charge >= 0.3 is 0 Å². The van der Waals surface area contributed by atoms with E-state index in [1.165, 1.54) is 12.1 Å². The third-order valence-corrected chi connectivity index (χ3v) is 3.41. The predicted octanol–water partition coefficient (Wildman–Crippen LogP) is 2.72. The second-order valence-electron chi connectivity index (χ2n) is 5.08. The van der Waals surface area contributed by atoms with E-state index in [4.69, 9.17) is 0 Å². The van der Waals surface area contributed by atoms with Crippen molar-refractivity contribution in [1.29, 1.82) is 0 Å². The molecule has 0 atom stereocenters. The Hall–Kier alpha value is -3.09. The molecule has 3 aromatic rings. The standard InChI is InChI=1S/C17H14F2N4O/c18-13-8-4-7-12(15(13)19)17(24)20-10-9-14-21-16(23-22-14)11-5-2-1-3-6-11/h1-8H,9-10H2,(H,20,24)(H,21,22,23). The average molecular weight is 328 g/mol. The second-order valence-corrected chi connectivity index (χ2v) is 5.08. The van der Waals surface area contributed by atoms with Gasteiger partial charge in [0, 0.05) is 18.5 Å². The summed E-state index contributed by atoms with van der Waals surface area (Å²) in [6.07, 6.45) is 0.391. The molecule has 2 aromatic carbocycles. The van der Waals surface area contributed by atoms with Gasteiger partial charge in [0.05, 0.1) is 5.56 Å². The molecule has 0 aliphatic heterocycles. The van der Waals surface area contributed by atoms with Crippen molar-refractivity contribution in [1.82, 2.24) is 20.5 Å². The Labute approximate surface area is 136 Å². The second kappa shape index (κ2) is 6.99. The maximum absolute atomic E-state index is 13.5. The number of benzene rings is 2. The van der Waals surface area contributed by atoms with Gasteiger partial charge in [0.25, 0.3) is 5.91 Å². The number of nitrogens with one attached hydrogen (secondary N) is 2. The number of amides is 1. The van der Waals surface area contributed by atoms with Crippen LogP contribution in [-0.2, 0) is 6.42 Å². The van der Waals surface area contributed by atoms with Crippen LogP contribution >= 0.6 is 0 Å². The molecule has 0 spiro atoms. The number of aromatic amines is 1. The molecular weight excluding hydrogens is 314 g/mol. The molecule has 0 radical (unpaired) electrons. The van der Waals surface area contributed by atoms with Crippen molar-refractivity contribution >= 4 is 5.91 Å². The van der Waals surface area contributed by atoms with Crippen LogP contribution in [0, 0.1) is 11.6 Å². The first kappa shape index (κ1) is 15.8. The number of hydrogen-bond acceptors (Lipinski definition) is 3. The highest BCUT2D eigenvalue weighted by molar-refractivity contribution is 5.94. The largest absolute Gasteiger partial charge is 0.351 e. The highest BCUT2D eigenvalue weighted by Gasteiger charge is 2.14. The van der Waals surface area contributed by atoms with E-state index in [2.05, 4.69) is 20.5 Å². The van der Waals surface area contributed by atoms with Crippen LogP contribution < -0.4 is 5.32 Å². The molecule has 0 aliphatic rings.